The van der Waals surface area contributed by atoms with Gasteiger partial charge in [-0.2, -0.15) is 0 Å². The van der Waals surface area contributed by atoms with Crippen molar-refractivity contribution in [2.75, 3.05) is 24.5 Å². The SMILES string of the molecule is CCCCCCC(=O)N1CCN(c2cc(Oc3ccc(F)cc3Cl)ncn2)C[C@@H]1C. The average molecular weight is 435 g/mol. The monoisotopic (exact) mass is 434 g/mol. The maximum Gasteiger partial charge on any atom is 0.224 e. The zero-order chi connectivity index (χ0) is 21.5. The van der Waals surface area contributed by atoms with E-state index in [9.17, 15) is 9.18 Å². The summed E-state index contributed by atoms with van der Waals surface area (Å²) in [6.45, 7) is 6.28. The van der Waals surface area contributed by atoms with E-state index in [1.807, 2.05) is 4.90 Å². The minimum atomic E-state index is -0.428. The number of amides is 1. The molecule has 162 valence electrons. The van der Waals surface area contributed by atoms with Crippen LogP contribution in [0.4, 0.5) is 10.2 Å². The second-order valence-corrected chi connectivity index (χ2v) is 7.99. The number of halogens is 2. The number of unbranched alkanes of at least 4 members (excludes halogenated alkanes) is 3. The largest absolute Gasteiger partial charge is 0.437 e. The van der Waals surface area contributed by atoms with Gasteiger partial charge in [0.1, 0.15) is 23.7 Å². The number of hydrogen-bond acceptors (Lipinski definition) is 5. The fraction of sp³-hybridized carbons (Fsp3) is 0.500. The quantitative estimate of drug-likeness (QED) is 0.543. The molecule has 0 unspecified atom stereocenters. The van der Waals surface area contributed by atoms with Gasteiger partial charge in [0.25, 0.3) is 0 Å². The van der Waals surface area contributed by atoms with Gasteiger partial charge in [-0.1, -0.05) is 37.8 Å². The van der Waals surface area contributed by atoms with E-state index in [0.29, 0.717) is 37.7 Å². The topological polar surface area (TPSA) is 58.6 Å². The van der Waals surface area contributed by atoms with Crippen molar-refractivity contribution < 1.29 is 13.9 Å². The lowest BCUT2D eigenvalue weighted by molar-refractivity contribution is -0.133. The van der Waals surface area contributed by atoms with Crippen LogP contribution in [0.3, 0.4) is 0 Å². The molecule has 1 aliphatic rings. The molecule has 0 spiro atoms. The third kappa shape index (κ3) is 5.81. The van der Waals surface area contributed by atoms with E-state index in [1.54, 1.807) is 6.07 Å². The summed E-state index contributed by atoms with van der Waals surface area (Å²) >= 11 is 6.03. The van der Waals surface area contributed by atoms with Gasteiger partial charge in [-0.25, -0.2) is 14.4 Å². The van der Waals surface area contributed by atoms with Gasteiger partial charge in [0.15, 0.2) is 0 Å². The molecule has 30 heavy (non-hydrogen) atoms. The molecule has 1 saturated heterocycles. The summed E-state index contributed by atoms with van der Waals surface area (Å²) in [5, 5.41) is 0.176. The molecule has 8 heteroatoms. The molecule has 6 nitrogen and oxygen atoms in total. The van der Waals surface area contributed by atoms with Crippen LogP contribution in [0.5, 0.6) is 11.6 Å². The lowest BCUT2D eigenvalue weighted by Gasteiger charge is -2.40. The van der Waals surface area contributed by atoms with E-state index in [2.05, 4.69) is 28.7 Å². The number of carbonyl (C=O) groups is 1. The van der Waals surface area contributed by atoms with Crippen LogP contribution < -0.4 is 9.64 Å². The summed E-state index contributed by atoms with van der Waals surface area (Å²) in [4.78, 5) is 25.1. The fourth-order valence-corrected chi connectivity index (χ4v) is 3.82. The molecular formula is C22H28ClFN4O2. The molecule has 1 fully saturated rings. The zero-order valence-corrected chi connectivity index (χ0v) is 18.2. The molecule has 3 rings (SSSR count). The van der Waals surface area contributed by atoms with Crippen molar-refractivity contribution in [1.29, 1.82) is 0 Å². The van der Waals surface area contributed by atoms with Gasteiger partial charge in [-0.15, -0.1) is 0 Å². The minimum absolute atomic E-state index is 0.100. The van der Waals surface area contributed by atoms with Crippen molar-refractivity contribution in [3.8, 4) is 11.6 Å². The molecule has 0 bridgehead atoms. The van der Waals surface area contributed by atoms with Crippen LogP contribution in [-0.4, -0.2) is 46.5 Å². The van der Waals surface area contributed by atoms with Crippen molar-refractivity contribution in [1.82, 2.24) is 14.9 Å². The second-order valence-electron chi connectivity index (χ2n) is 7.58. The van der Waals surface area contributed by atoms with Gasteiger partial charge < -0.3 is 14.5 Å². The van der Waals surface area contributed by atoms with E-state index in [4.69, 9.17) is 16.3 Å². The molecule has 0 radical (unpaired) electrons. The Labute approximate surface area is 182 Å². The van der Waals surface area contributed by atoms with E-state index in [1.165, 1.54) is 37.4 Å². The Morgan fingerprint density at radius 1 is 1.23 bits per heavy atom. The van der Waals surface area contributed by atoms with Crippen molar-refractivity contribution >= 4 is 23.3 Å². The first-order valence-corrected chi connectivity index (χ1v) is 10.8. The summed E-state index contributed by atoms with van der Waals surface area (Å²) in [6, 6.07) is 5.77. The highest BCUT2D eigenvalue weighted by atomic mass is 35.5. The Morgan fingerprint density at radius 2 is 2.07 bits per heavy atom. The van der Waals surface area contributed by atoms with Gasteiger partial charge in [0, 0.05) is 38.2 Å². The summed E-state index contributed by atoms with van der Waals surface area (Å²) in [5.41, 5.74) is 0. The lowest BCUT2D eigenvalue weighted by atomic mass is 10.1. The standard InChI is InChI=1S/C22H28ClFN4O2/c1-3-4-5-6-7-22(29)28-11-10-27(14-16(28)2)20-13-21(26-15-25-20)30-19-9-8-17(24)12-18(19)23/h8-9,12-13,15-16H,3-7,10-11,14H2,1-2H3/t16-/m0/s1. The first-order chi connectivity index (χ1) is 14.5. The van der Waals surface area contributed by atoms with Crippen molar-refractivity contribution in [2.45, 2.75) is 52.0 Å². The molecule has 1 amide bonds. The van der Waals surface area contributed by atoms with Crippen LogP contribution in [-0.2, 0) is 4.79 Å². The minimum Gasteiger partial charge on any atom is -0.437 e. The van der Waals surface area contributed by atoms with Gasteiger partial charge >= 0.3 is 0 Å². The predicted molar refractivity (Wildman–Crippen MR) is 116 cm³/mol. The second kappa shape index (κ2) is 10.6. The first-order valence-electron chi connectivity index (χ1n) is 10.5. The number of carbonyl (C=O) groups excluding carboxylic acids is 1. The van der Waals surface area contributed by atoms with Crippen LogP contribution in [0.2, 0.25) is 5.02 Å². The number of benzene rings is 1. The number of ether oxygens (including phenoxy) is 1. The number of nitrogens with zero attached hydrogens (tertiary/aromatic N) is 4. The molecule has 0 saturated carbocycles. The summed E-state index contributed by atoms with van der Waals surface area (Å²) in [7, 11) is 0. The Kier molecular flexibility index (Phi) is 7.85. The maximum absolute atomic E-state index is 13.2. The lowest BCUT2D eigenvalue weighted by Crippen LogP contribution is -2.54. The maximum atomic E-state index is 13.2. The van der Waals surface area contributed by atoms with Gasteiger partial charge in [-0.05, 0) is 31.5 Å². The first kappa shape index (κ1) is 22.3. The van der Waals surface area contributed by atoms with E-state index in [-0.39, 0.29) is 17.0 Å². The third-order valence-corrected chi connectivity index (χ3v) is 5.55. The van der Waals surface area contributed by atoms with Crippen LogP contribution in [0.15, 0.2) is 30.6 Å². The number of aromatic nitrogens is 2. The molecule has 2 heterocycles. The molecule has 0 N–H and O–H groups in total. The third-order valence-electron chi connectivity index (χ3n) is 5.25. The van der Waals surface area contributed by atoms with Crippen LogP contribution >= 0.6 is 11.6 Å². The number of piperazine rings is 1. The molecule has 1 aromatic carbocycles. The smallest absolute Gasteiger partial charge is 0.224 e. The average Bonchev–Trinajstić information content (AvgIpc) is 2.73. The van der Waals surface area contributed by atoms with Gasteiger partial charge in [0.2, 0.25) is 11.8 Å². The summed E-state index contributed by atoms with van der Waals surface area (Å²) < 4.78 is 18.9. The predicted octanol–water partition coefficient (Wildman–Crippen LogP) is 5.07. The van der Waals surface area contributed by atoms with Crippen LogP contribution in [0.1, 0.15) is 46.0 Å². The zero-order valence-electron chi connectivity index (χ0n) is 17.5. The molecule has 0 aliphatic carbocycles. The van der Waals surface area contributed by atoms with Crippen LogP contribution in [0.25, 0.3) is 0 Å². The highest BCUT2D eigenvalue weighted by molar-refractivity contribution is 6.32. The number of anilines is 1. The van der Waals surface area contributed by atoms with E-state index in [0.717, 1.165) is 18.7 Å². The van der Waals surface area contributed by atoms with E-state index >= 15 is 0 Å². The Morgan fingerprint density at radius 3 is 2.80 bits per heavy atom. The highest BCUT2D eigenvalue weighted by Crippen LogP contribution is 2.30. The molecular weight excluding hydrogens is 407 g/mol. The van der Waals surface area contributed by atoms with Crippen LogP contribution in [0, 0.1) is 5.82 Å². The van der Waals surface area contributed by atoms with Crippen molar-refractivity contribution in [3.63, 3.8) is 0 Å². The van der Waals surface area contributed by atoms with Crippen molar-refractivity contribution in [2.24, 2.45) is 0 Å². The molecule has 2 aromatic rings. The number of rotatable bonds is 8. The summed E-state index contributed by atoms with van der Waals surface area (Å²) in [6.07, 6.45) is 6.46. The fourth-order valence-electron chi connectivity index (χ4n) is 3.61. The Balaban J connectivity index is 1.60. The normalized spacial score (nSPS) is 16.6. The van der Waals surface area contributed by atoms with Gasteiger partial charge in [-0.3, -0.25) is 4.79 Å². The molecule has 1 aliphatic heterocycles. The number of hydrogen-bond donors (Lipinski definition) is 0. The van der Waals surface area contributed by atoms with Crippen molar-refractivity contribution in [3.05, 3.63) is 41.4 Å². The highest BCUT2D eigenvalue weighted by Gasteiger charge is 2.28. The Bertz CT molecular complexity index is 867. The Hall–Kier alpha value is -2.41. The summed E-state index contributed by atoms with van der Waals surface area (Å²) in [5.74, 6) is 1.18. The molecule has 1 aromatic heterocycles. The molecule has 1 atom stereocenters. The van der Waals surface area contributed by atoms with E-state index < -0.39 is 5.82 Å². The van der Waals surface area contributed by atoms with Gasteiger partial charge in [0.05, 0.1) is 5.02 Å².